The summed E-state index contributed by atoms with van der Waals surface area (Å²) in [6.45, 7) is 9.77. The second kappa shape index (κ2) is 49.1. The van der Waals surface area contributed by atoms with Gasteiger partial charge in [-0.2, -0.15) is 0 Å². The Kier molecular flexibility index (Phi) is 51.8. The van der Waals surface area contributed by atoms with E-state index in [0.717, 1.165) is 0 Å². The molecule has 0 spiro atoms. The van der Waals surface area contributed by atoms with Gasteiger partial charge < -0.3 is 17.0 Å². The summed E-state index contributed by atoms with van der Waals surface area (Å²) in [6, 6.07) is 0. The van der Waals surface area contributed by atoms with Gasteiger partial charge in [0.1, 0.15) is 0 Å². The Labute approximate surface area is 351 Å². The van der Waals surface area contributed by atoms with Crippen LogP contribution in [-0.4, -0.2) is 26.2 Å². The van der Waals surface area contributed by atoms with Crippen LogP contribution >= 0.6 is 7.26 Å². The largest absolute Gasteiger partial charge is 1.00 e. The van der Waals surface area contributed by atoms with Crippen molar-refractivity contribution in [2.75, 3.05) is 26.2 Å². The van der Waals surface area contributed by atoms with E-state index in [-0.39, 0.29) is 17.0 Å². The van der Waals surface area contributed by atoms with Crippen molar-refractivity contribution in [1.29, 1.82) is 0 Å². The number of rotatable bonds is 47. The summed E-state index contributed by atoms with van der Waals surface area (Å²) >= 11 is 0. The molecular formula is C51H106BrP. The fourth-order valence-electron chi connectivity index (χ4n) is 8.44. The quantitative estimate of drug-likeness (QED) is 0.0423. The summed E-state index contributed by atoms with van der Waals surface area (Å²) in [5, 5.41) is 0. The molecule has 0 aliphatic heterocycles. The molecule has 0 unspecified atom stereocenters. The number of hydrogen-bond acceptors (Lipinski definition) is 0. The minimum Gasteiger partial charge on any atom is -1.00 e. The fraction of sp³-hybridized carbons (Fsp3) is 1.00. The van der Waals surface area contributed by atoms with Gasteiger partial charge in [0.05, 0.1) is 6.16 Å². The zero-order valence-corrected chi connectivity index (χ0v) is 40.5. The maximum atomic E-state index is 2.49. The van der Waals surface area contributed by atoms with Gasteiger partial charge in [0.25, 0.3) is 0 Å². The first-order chi connectivity index (χ1) is 25.6. The summed E-state index contributed by atoms with van der Waals surface area (Å²) in [6.07, 6.45) is 70.1. The Bertz CT molecular complexity index is 612. The summed E-state index contributed by atoms with van der Waals surface area (Å²) in [7, 11) is -0.524. The van der Waals surface area contributed by atoms with Gasteiger partial charge in [-0.3, -0.25) is 0 Å². The molecule has 0 amide bonds. The zero-order chi connectivity index (χ0) is 37.7. The normalized spacial score (nSPS) is 11.8. The molecule has 0 aliphatic carbocycles. The van der Waals surface area contributed by atoms with E-state index in [1.54, 1.807) is 0 Å². The van der Waals surface area contributed by atoms with Crippen LogP contribution in [0, 0.1) is 0 Å². The lowest BCUT2D eigenvalue weighted by Gasteiger charge is -2.10. The molecule has 0 rings (SSSR count). The van der Waals surface area contributed by atoms with Crippen LogP contribution in [0.1, 0.15) is 302 Å². The second-order valence-corrected chi connectivity index (χ2v) is 24.0. The molecule has 0 saturated carbocycles. The highest BCUT2D eigenvalue weighted by molar-refractivity contribution is 7.73. The Morgan fingerprint density at radius 1 is 0.189 bits per heavy atom. The lowest BCUT2D eigenvalue weighted by Crippen LogP contribution is -3.00. The molecule has 2 heteroatoms. The Balaban J connectivity index is 0. The summed E-state index contributed by atoms with van der Waals surface area (Å²) in [5.41, 5.74) is 0. The third-order valence-corrected chi connectivity index (χ3v) is 13.8. The molecule has 0 aliphatic rings. The van der Waals surface area contributed by atoms with Gasteiger partial charge >= 0.3 is 0 Å². The average Bonchev–Trinajstić information content (AvgIpc) is 3.12. The summed E-state index contributed by atoms with van der Waals surface area (Å²) < 4.78 is 0. The van der Waals surface area contributed by atoms with E-state index in [1.807, 2.05) is 0 Å². The van der Waals surface area contributed by atoms with Crippen molar-refractivity contribution in [2.24, 2.45) is 0 Å². The van der Waals surface area contributed by atoms with Crippen molar-refractivity contribution in [1.82, 2.24) is 0 Å². The molecule has 0 aromatic carbocycles. The molecule has 0 atom stereocenters. The van der Waals surface area contributed by atoms with Gasteiger partial charge in [-0.1, -0.05) is 289 Å². The van der Waals surface area contributed by atoms with Crippen molar-refractivity contribution in [3.63, 3.8) is 0 Å². The topological polar surface area (TPSA) is 0 Å². The third kappa shape index (κ3) is 55.1. The lowest BCUT2D eigenvalue weighted by atomic mass is 10.0. The van der Waals surface area contributed by atoms with E-state index in [9.17, 15) is 0 Å². The van der Waals surface area contributed by atoms with E-state index < -0.39 is 7.26 Å². The molecule has 0 aromatic rings. The molecule has 0 fully saturated rings. The van der Waals surface area contributed by atoms with E-state index in [4.69, 9.17) is 0 Å². The molecule has 0 radical (unpaired) electrons. The minimum atomic E-state index is -0.524. The molecule has 0 nitrogen and oxygen atoms in total. The first-order valence-corrected chi connectivity index (χ1v) is 28.7. The van der Waals surface area contributed by atoms with E-state index in [1.165, 1.54) is 302 Å². The van der Waals surface area contributed by atoms with Gasteiger partial charge in [0.2, 0.25) is 0 Å². The zero-order valence-electron chi connectivity index (χ0n) is 38.1. The Morgan fingerprint density at radius 2 is 0.302 bits per heavy atom. The van der Waals surface area contributed by atoms with Crippen LogP contribution in [-0.2, 0) is 0 Å². The molecule has 0 saturated heterocycles. The molecular weight excluding hydrogens is 723 g/mol. The molecule has 53 heavy (non-hydrogen) atoms. The molecule has 0 aromatic heterocycles. The van der Waals surface area contributed by atoms with Crippen LogP contribution < -0.4 is 17.0 Å². The van der Waals surface area contributed by atoms with Crippen LogP contribution in [0.2, 0.25) is 0 Å². The minimum absolute atomic E-state index is 0. The SMILES string of the molecule is CCCCCCCCCCCCCCCCCCCCCCCCCCCCCCCCCCCCCCCCCCCCCCCC[P+](C)(C)C.[Br-]. The predicted octanol–water partition coefficient (Wildman–Crippen LogP) is 16.9. The van der Waals surface area contributed by atoms with Gasteiger partial charge in [0, 0.05) is 27.3 Å². The molecule has 0 bridgehead atoms. The number of unbranched alkanes of at least 4 members (excludes halogenated alkanes) is 45. The van der Waals surface area contributed by atoms with Gasteiger partial charge in [-0.15, -0.1) is 0 Å². The summed E-state index contributed by atoms with van der Waals surface area (Å²) in [4.78, 5) is 0. The van der Waals surface area contributed by atoms with Crippen molar-refractivity contribution < 1.29 is 17.0 Å². The third-order valence-electron chi connectivity index (χ3n) is 12.2. The standard InChI is InChI=1S/C51H106P.BrH/c1-5-6-7-8-9-10-11-12-13-14-15-16-17-18-19-20-21-22-23-24-25-26-27-28-29-30-31-32-33-34-35-36-37-38-39-40-41-42-43-44-45-46-47-48-49-50-51-52(2,3)4;/h5-51H2,1-4H3;1H/q+1;/p-1. The van der Waals surface area contributed by atoms with Gasteiger partial charge in [-0.25, -0.2) is 0 Å². The van der Waals surface area contributed by atoms with Crippen LogP contribution in [0.5, 0.6) is 0 Å². The molecule has 322 valence electrons. The number of hydrogen-bond donors (Lipinski definition) is 0. The Morgan fingerprint density at radius 3 is 0.415 bits per heavy atom. The van der Waals surface area contributed by atoms with Crippen molar-refractivity contribution in [3.8, 4) is 0 Å². The first-order valence-electron chi connectivity index (χ1n) is 25.4. The molecule has 0 heterocycles. The highest BCUT2D eigenvalue weighted by atomic mass is 79.9. The van der Waals surface area contributed by atoms with Crippen LogP contribution in [0.15, 0.2) is 0 Å². The highest BCUT2D eigenvalue weighted by Crippen LogP contribution is 2.47. The molecule has 0 N–H and O–H groups in total. The monoisotopic (exact) mass is 829 g/mol. The lowest BCUT2D eigenvalue weighted by molar-refractivity contribution is -0.0000118. The van der Waals surface area contributed by atoms with E-state index in [2.05, 4.69) is 26.9 Å². The maximum Gasteiger partial charge on any atom is 0.0586 e. The van der Waals surface area contributed by atoms with Gasteiger partial charge in [0.15, 0.2) is 0 Å². The maximum absolute atomic E-state index is 2.49. The smallest absolute Gasteiger partial charge is 0.0586 e. The van der Waals surface area contributed by atoms with Crippen LogP contribution in [0.25, 0.3) is 0 Å². The van der Waals surface area contributed by atoms with Crippen molar-refractivity contribution in [3.05, 3.63) is 0 Å². The second-order valence-electron chi connectivity index (χ2n) is 18.9. The van der Waals surface area contributed by atoms with E-state index >= 15 is 0 Å². The summed E-state index contributed by atoms with van der Waals surface area (Å²) in [5.74, 6) is 0. The van der Waals surface area contributed by atoms with Crippen LogP contribution in [0.4, 0.5) is 0 Å². The number of halogens is 1. The predicted molar refractivity (Wildman–Crippen MR) is 248 cm³/mol. The van der Waals surface area contributed by atoms with Crippen LogP contribution in [0.3, 0.4) is 0 Å². The van der Waals surface area contributed by atoms with E-state index in [0.29, 0.717) is 0 Å². The fourth-order valence-corrected chi connectivity index (χ4v) is 9.61. The van der Waals surface area contributed by atoms with Crippen molar-refractivity contribution in [2.45, 2.75) is 302 Å². The first kappa shape index (κ1) is 56.0. The van der Waals surface area contributed by atoms with Gasteiger partial charge in [-0.05, 0) is 12.8 Å². The average molecular weight is 830 g/mol. The van der Waals surface area contributed by atoms with Crippen molar-refractivity contribution >= 4 is 7.26 Å². The highest BCUT2D eigenvalue weighted by Gasteiger charge is 2.15. The Hall–Kier alpha value is 0.910.